The molecule has 0 saturated carbocycles. The Labute approximate surface area is 227 Å². The van der Waals surface area contributed by atoms with E-state index in [0.29, 0.717) is 0 Å². The minimum atomic E-state index is 1.21. The van der Waals surface area contributed by atoms with Gasteiger partial charge in [-0.15, -0.1) is 45.3 Å². The normalized spacial score (nSPS) is 11.7. The summed E-state index contributed by atoms with van der Waals surface area (Å²) in [4.78, 5) is 7.88. The molecule has 6 aromatic rings. The third kappa shape index (κ3) is 5.43. The third-order valence-corrected chi connectivity index (χ3v) is 10.0. The van der Waals surface area contributed by atoms with E-state index in [4.69, 9.17) is 0 Å². The van der Waals surface area contributed by atoms with Crippen molar-refractivity contribution in [1.29, 1.82) is 0 Å². The molecule has 0 amide bonds. The highest BCUT2D eigenvalue weighted by atomic mass is 32.1. The summed E-state index contributed by atoms with van der Waals surface area (Å²) >= 11 is 7.25. The zero-order valence-corrected chi connectivity index (χ0v) is 22.6. The molecule has 0 nitrogen and oxygen atoms in total. The lowest BCUT2D eigenvalue weighted by Gasteiger charge is -2.03. The van der Waals surface area contributed by atoms with Crippen molar-refractivity contribution >= 4 is 69.7 Å². The minimum Gasteiger partial charge on any atom is -0.143 e. The van der Waals surface area contributed by atoms with Crippen LogP contribution in [-0.4, -0.2) is 0 Å². The fourth-order valence-corrected chi connectivity index (χ4v) is 7.41. The van der Waals surface area contributed by atoms with Crippen LogP contribution in [0, 0.1) is 0 Å². The van der Waals surface area contributed by atoms with Crippen molar-refractivity contribution < 1.29 is 0 Å². The predicted molar refractivity (Wildman–Crippen MR) is 165 cm³/mol. The molecule has 4 heterocycles. The molecular weight excluding hydrogens is 513 g/mol. The molecule has 0 aliphatic heterocycles. The van der Waals surface area contributed by atoms with Crippen molar-refractivity contribution in [1.82, 2.24) is 0 Å². The summed E-state index contributed by atoms with van der Waals surface area (Å²) in [7, 11) is 0. The lowest BCUT2D eigenvalue weighted by molar-refractivity contribution is 1.59. The molecule has 0 radical (unpaired) electrons. The molecule has 4 aromatic heterocycles. The first-order valence-corrected chi connectivity index (χ1v) is 15.0. The van der Waals surface area contributed by atoms with E-state index in [0.717, 1.165) is 0 Å². The highest BCUT2D eigenvalue weighted by Gasteiger charge is 2.03. The zero-order valence-electron chi connectivity index (χ0n) is 19.3. The molecule has 6 rings (SSSR count). The largest absolute Gasteiger partial charge is 0.143 e. The van der Waals surface area contributed by atoms with Crippen LogP contribution >= 0.6 is 45.3 Å². The van der Waals surface area contributed by atoms with Gasteiger partial charge in [-0.05, 0) is 81.6 Å². The van der Waals surface area contributed by atoms with Gasteiger partial charge in [0.2, 0.25) is 0 Å². The Hall–Kier alpha value is -3.28. The molecule has 0 aliphatic rings. The van der Waals surface area contributed by atoms with Crippen LogP contribution < -0.4 is 0 Å². The van der Waals surface area contributed by atoms with Gasteiger partial charge in [-0.3, -0.25) is 0 Å². The van der Waals surface area contributed by atoms with Gasteiger partial charge in [0.05, 0.1) is 0 Å². The number of hydrogen-bond acceptors (Lipinski definition) is 4. The van der Waals surface area contributed by atoms with E-state index in [-0.39, 0.29) is 0 Å². The van der Waals surface area contributed by atoms with Crippen LogP contribution in [0.1, 0.15) is 20.9 Å². The first kappa shape index (κ1) is 23.1. The van der Waals surface area contributed by atoms with Gasteiger partial charge in [-0.2, -0.15) is 0 Å². The van der Waals surface area contributed by atoms with Gasteiger partial charge >= 0.3 is 0 Å². The first-order chi connectivity index (χ1) is 17.8. The van der Waals surface area contributed by atoms with Crippen LogP contribution in [0.3, 0.4) is 0 Å². The van der Waals surface area contributed by atoms with Gasteiger partial charge in [0.25, 0.3) is 0 Å². The average Bonchev–Trinajstić information content (AvgIpc) is 3.74. The van der Waals surface area contributed by atoms with Crippen LogP contribution in [0.25, 0.3) is 54.9 Å². The summed E-state index contributed by atoms with van der Waals surface area (Å²) in [6.45, 7) is 0. The molecule has 0 spiro atoms. The van der Waals surface area contributed by atoms with Crippen LogP contribution in [-0.2, 0) is 0 Å². The van der Waals surface area contributed by atoms with Gasteiger partial charge in [0.15, 0.2) is 0 Å². The Bertz CT molecular complexity index is 1460. The van der Waals surface area contributed by atoms with Crippen molar-refractivity contribution in [3.8, 4) is 30.6 Å². The van der Waals surface area contributed by atoms with Gasteiger partial charge in [0, 0.05) is 29.3 Å². The van der Waals surface area contributed by atoms with E-state index >= 15 is 0 Å². The Balaban J connectivity index is 1.09. The lowest BCUT2D eigenvalue weighted by Crippen LogP contribution is -1.79. The molecule has 0 N–H and O–H groups in total. The third-order valence-electron chi connectivity index (χ3n) is 5.82. The van der Waals surface area contributed by atoms with Crippen LogP contribution in [0.5, 0.6) is 0 Å². The smallest absolute Gasteiger partial charge is 0.0448 e. The molecule has 36 heavy (non-hydrogen) atoms. The Kier molecular flexibility index (Phi) is 6.92. The van der Waals surface area contributed by atoms with Crippen molar-refractivity contribution in [3.05, 3.63) is 129 Å². The lowest BCUT2D eigenvalue weighted by atomic mass is 10.0. The number of benzene rings is 2. The predicted octanol–water partition coefficient (Wildman–Crippen LogP) is 11.3. The minimum absolute atomic E-state index is 1.21. The summed E-state index contributed by atoms with van der Waals surface area (Å²) < 4.78 is 0. The maximum Gasteiger partial charge on any atom is 0.0448 e. The van der Waals surface area contributed by atoms with Gasteiger partial charge < -0.3 is 0 Å². The fraction of sp³-hybridized carbons (Fsp3) is 0. The number of hydrogen-bond donors (Lipinski definition) is 0. The van der Waals surface area contributed by atoms with Gasteiger partial charge in [-0.1, -0.05) is 72.8 Å². The summed E-state index contributed by atoms with van der Waals surface area (Å²) in [6.07, 6.45) is 8.79. The quantitative estimate of drug-likeness (QED) is 0.191. The second kappa shape index (κ2) is 10.8. The van der Waals surface area contributed by atoms with Crippen molar-refractivity contribution in [2.24, 2.45) is 0 Å². The Morgan fingerprint density at radius 2 is 0.833 bits per heavy atom. The standard InChI is InChI=1S/C32H22S4/c1-3-29(33-21-1)31-19-17-27(35-31)15-9-23-5-11-25(12-6-23)26-13-7-24(8-14-26)10-16-28-18-20-32(36-28)30-4-2-22-34-30/h1-22H/b15-9+,16-10+. The highest BCUT2D eigenvalue weighted by molar-refractivity contribution is 7.22. The molecule has 0 atom stereocenters. The monoisotopic (exact) mass is 534 g/mol. The number of rotatable bonds is 7. The molecular formula is C32H22S4. The zero-order chi connectivity index (χ0) is 24.2. The molecule has 0 bridgehead atoms. The molecule has 0 unspecified atom stereocenters. The van der Waals surface area contributed by atoms with E-state index in [1.165, 1.54) is 51.5 Å². The summed E-state index contributed by atoms with van der Waals surface area (Å²) in [5.41, 5.74) is 4.89. The van der Waals surface area contributed by atoms with Crippen molar-refractivity contribution in [2.45, 2.75) is 0 Å². The van der Waals surface area contributed by atoms with E-state index in [1.54, 1.807) is 22.7 Å². The highest BCUT2D eigenvalue weighted by Crippen LogP contribution is 2.33. The van der Waals surface area contributed by atoms with E-state index < -0.39 is 0 Å². The van der Waals surface area contributed by atoms with Crippen LogP contribution in [0.2, 0.25) is 0 Å². The Morgan fingerprint density at radius 3 is 1.22 bits per heavy atom. The first-order valence-electron chi connectivity index (χ1n) is 11.6. The average molecular weight is 535 g/mol. The second-order valence-electron chi connectivity index (χ2n) is 8.27. The Morgan fingerprint density at radius 1 is 0.389 bits per heavy atom. The molecule has 0 saturated heterocycles. The van der Waals surface area contributed by atoms with E-state index in [1.807, 2.05) is 22.7 Å². The van der Waals surface area contributed by atoms with Crippen LogP contribution in [0.4, 0.5) is 0 Å². The van der Waals surface area contributed by atoms with Crippen molar-refractivity contribution in [3.63, 3.8) is 0 Å². The maximum atomic E-state index is 2.21. The maximum absolute atomic E-state index is 2.21. The summed E-state index contributed by atoms with van der Waals surface area (Å²) in [5, 5.41) is 4.26. The van der Waals surface area contributed by atoms with Crippen molar-refractivity contribution in [2.75, 3.05) is 0 Å². The SMILES string of the molecule is C(=C\c1ccc(-c2cccs2)s1)/c1ccc(-c2ccc(/C=C/c3ccc(-c4cccs4)s3)cc2)cc1. The van der Waals surface area contributed by atoms with E-state index in [2.05, 4.69) is 132 Å². The molecule has 0 fully saturated rings. The summed E-state index contributed by atoms with van der Waals surface area (Å²) in [6, 6.07) is 34.9. The molecule has 174 valence electrons. The summed E-state index contributed by atoms with van der Waals surface area (Å²) in [5.74, 6) is 0. The molecule has 0 aliphatic carbocycles. The van der Waals surface area contributed by atoms with E-state index in [9.17, 15) is 0 Å². The van der Waals surface area contributed by atoms with Gasteiger partial charge in [-0.25, -0.2) is 0 Å². The molecule has 2 aromatic carbocycles. The topological polar surface area (TPSA) is 0 Å². The second-order valence-corrected chi connectivity index (χ2v) is 12.4. The van der Waals surface area contributed by atoms with Gasteiger partial charge in [0.1, 0.15) is 0 Å². The number of thiophene rings is 4. The van der Waals surface area contributed by atoms with Crippen LogP contribution in [0.15, 0.2) is 108 Å². The fourth-order valence-electron chi connectivity index (χ4n) is 3.92. The molecule has 4 heteroatoms.